The highest BCUT2D eigenvalue weighted by Gasteiger charge is 2.20. The second kappa shape index (κ2) is 23.7. The SMILES string of the molecule is CCCCCCCc1ccc(O)c(Sc2c(O)ccc(CCCCCCC)c2CCCCCCC)c1CCCCCCC. The summed E-state index contributed by atoms with van der Waals surface area (Å²) in [6.45, 7) is 9.09. The molecule has 0 aliphatic heterocycles. The topological polar surface area (TPSA) is 40.5 Å². The molecule has 2 nitrogen and oxygen atoms in total. The van der Waals surface area contributed by atoms with Crippen LogP contribution in [0.4, 0.5) is 0 Å². The molecule has 2 N–H and O–H groups in total. The highest BCUT2D eigenvalue weighted by Crippen LogP contribution is 2.46. The van der Waals surface area contributed by atoms with Crippen molar-refractivity contribution in [1.29, 1.82) is 0 Å². The molecule has 43 heavy (non-hydrogen) atoms. The summed E-state index contributed by atoms with van der Waals surface area (Å²) in [6.07, 6.45) is 29.4. The van der Waals surface area contributed by atoms with Gasteiger partial charge in [0.05, 0.1) is 9.79 Å². The average molecular weight is 611 g/mol. The Morgan fingerprint density at radius 2 is 0.698 bits per heavy atom. The van der Waals surface area contributed by atoms with E-state index in [1.165, 1.54) is 138 Å². The lowest BCUT2D eigenvalue weighted by molar-refractivity contribution is 0.456. The van der Waals surface area contributed by atoms with Crippen molar-refractivity contribution >= 4 is 11.8 Å². The van der Waals surface area contributed by atoms with Crippen molar-refractivity contribution in [3.05, 3.63) is 46.5 Å². The summed E-state index contributed by atoms with van der Waals surface area (Å²) in [5.41, 5.74) is 5.46. The van der Waals surface area contributed by atoms with Crippen LogP contribution in [0.1, 0.15) is 178 Å². The van der Waals surface area contributed by atoms with Gasteiger partial charge in [0.15, 0.2) is 0 Å². The van der Waals surface area contributed by atoms with Crippen LogP contribution in [-0.4, -0.2) is 10.2 Å². The number of phenols is 2. The number of hydrogen-bond donors (Lipinski definition) is 2. The van der Waals surface area contributed by atoms with Gasteiger partial charge in [0.2, 0.25) is 0 Å². The molecule has 0 fully saturated rings. The molecule has 2 aromatic rings. The molecule has 0 unspecified atom stereocenters. The van der Waals surface area contributed by atoms with Gasteiger partial charge in [-0.3, -0.25) is 0 Å². The molecule has 0 radical (unpaired) electrons. The second-order valence-electron chi connectivity index (χ2n) is 12.9. The van der Waals surface area contributed by atoms with Crippen LogP contribution in [0.15, 0.2) is 34.1 Å². The van der Waals surface area contributed by atoms with E-state index in [-0.39, 0.29) is 0 Å². The number of rotatable bonds is 26. The Bertz CT molecular complexity index is 919. The van der Waals surface area contributed by atoms with Gasteiger partial charge in [0.25, 0.3) is 0 Å². The van der Waals surface area contributed by atoms with E-state index in [2.05, 4.69) is 39.8 Å². The van der Waals surface area contributed by atoms with Crippen molar-refractivity contribution in [2.45, 2.75) is 192 Å². The molecule has 0 saturated heterocycles. The molecular weight excluding hydrogens is 545 g/mol. The van der Waals surface area contributed by atoms with Crippen LogP contribution < -0.4 is 0 Å². The fourth-order valence-electron chi connectivity index (χ4n) is 6.31. The smallest absolute Gasteiger partial charge is 0.129 e. The van der Waals surface area contributed by atoms with Gasteiger partial charge in [-0.15, -0.1) is 0 Å². The van der Waals surface area contributed by atoms with Gasteiger partial charge in [-0.2, -0.15) is 0 Å². The zero-order chi connectivity index (χ0) is 31.1. The summed E-state index contributed by atoms with van der Waals surface area (Å²) in [5, 5.41) is 22.6. The lowest BCUT2D eigenvalue weighted by Crippen LogP contribution is -2.02. The zero-order valence-corrected chi connectivity index (χ0v) is 29.4. The summed E-state index contributed by atoms with van der Waals surface area (Å²) in [4.78, 5) is 1.98. The number of phenolic OH excluding ortho intramolecular Hbond substituents is 2. The first kappa shape index (κ1) is 37.6. The lowest BCUT2D eigenvalue weighted by Gasteiger charge is -2.20. The largest absolute Gasteiger partial charge is 0.507 e. The summed E-state index contributed by atoms with van der Waals surface area (Å²) in [5.74, 6) is 0.753. The van der Waals surface area contributed by atoms with Crippen LogP contribution in [-0.2, 0) is 25.7 Å². The Balaban J connectivity index is 2.39. The van der Waals surface area contributed by atoms with E-state index in [9.17, 15) is 10.2 Å². The first-order valence-electron chi connectivity index (χ1n) is 18.4. The van der Waals surface area contributed by atoms with Gasteiger partial charge in [-0.1, -0.05) is 154 Å². The standard InChI is InChI=1S/C40H66O2S/c1-5-9-13-17-21-25-33-29-31-37(41)39(35(33)27-23-19-15-11-7-3)43-40-36(28-24-20-16-12-8-4)34(30-32-38(40)42)26-22-18-14-10-6-2/h29-32,41-42H,5-28H2,1-4H3. The van der Waals surface area contributed by atoms with Gasteiger partial charge in [-0.05, 0) is 85.8 Å². The van der Waals surface area contributed by atoms with E-state index in [1.54, 1.807) is 11.8 Å². The Kier molecular flexibility index (Phi) is 20.7. The van der Waals surface area contributed by atoms with E-state index in [0.717, 1.165) is 48.3 Å². The minimum Gasteiger partial charge on any atom is -0.507 e. The third kappa shape index (κ3) is 14.4. The summed E-state index contributed by atoms with van der Waals surface area (Å²) in [6, 6.07) is 8.20. The van der Waals surface area contributed by atoms with Crippen LogP contribution in [0.5, 0.6) is 11.5 Å². The van der Waals surface area contributed by atoms with Crippen molar-refractivity contribution < 1.29 is 10.2 Å². The maximum Gasteiger partial charge on any atom is 0.129 e. The van der Waals surface area contributed by atoms with E-state index in [1.807, 2.05) is 12.1 Å². The first-order chi connectivity index (χ1) is 21.1. The number of aromatic hydroxyl groups is 2. The highest BCUT2D eigenvalue weighted by atomic mass is 32.2. The van der Waals surface area contributed by atoms with Gasteiger partial charge in [0, 0.05) is 0 Å². The minimum absolute atomic E-state index is 0.376. The molecule has 2 rings (SSSR count). The molecule has 0 aliphatic carbocycles. The van der Waals surface area contributed by atoms with Crippen molar-refractivity contribution in [3.8, 4) is 11.5 Å². The monoisotopic (exact) mass is 610 g/mol. The Morgan fingerprint density at radius 3 is 1.02 bits per heavy atom. The van der Waals surface area contributed by atoms with Crippen LogP contribution in [0.25, 0.3) is 0 Å². The number of aryl methyl sites for hydroxylation is 2. The molecule has 0 spiro atoms. The first-order valence-corrected chi connectivity index (χ1v) is 19.2. The number of hydrogen-bond acceptors (Lipinski definition) is 3. The lowest BCUT2D eigenvalue weighted by atomic mass is 9.95. The normalized spacial score (nSPS) is 11.4. The van der Waals surface area contributed by atoms with Gasteiger partial charge in [-0.25, -0.2) is 0 Å². The molecule has 2 aromatic carbocycles. The van der Waals surface area contributed by atoms with Gasteiger partial charge < -0.3 is 10.2 Å². The molecule has 0 bridgehead atoms. The molecule has 0 amide bonds. The Morgan fingerprint density at radius 1 is 0.395 bits per heavy atom. The second-order valence-corrected chi connectivity index (χ2v) is 13.9. The van der Waals surface area contributed by atoms with Gasteiger partial charge >= 0.3 is 0 Å². The number of benzene rings is 2. The van der Waals surface area contributed by atoms with E-state index in [4.69, 9.17) is 0 Å². The molecule has 3 heteroatoms. The van der Waals surface area contributed by atoms with E-state index >= 15 is 0 Å². The van der Waals surface area contributed by atoms with Crippen molar-refractivity contribution in [2.75, 3.05) is 0 Å². The van der Waals surface area contributed by atoms with Gasteiger partial charge in [0.1, 0.15) is 11.5 Å². The third-order valence-electron chi connectivity index (χ3n) is 9.04. The van der Waals surface area contributed by atoms with Crippen molar-refractivity contribution in [3.63, 3.8) is 0 Å². The van der Waals surface area contributed by atoms with E-state index < -0.39 is 0 Å². The van der Waals surface area contributed by atoms with Crippen LogP contribution in [0, 0.1) is 0 Å². The fraction of sp³-hybridized carbons (Fsp3) is 0.700. The summed E-state index contributed by atoms with van der Waals surface area (Å²) < 4.78 is 0. The zero-order valence-electron chi connectivity index (χ0n) is 28.6. The molecule has 0 saturated carbocycles. The third-order valence-corrected chi connectivity index (χ3v) is 10.4. The Labute approximate surface area is 270 Å². The summed E-state index contributed by atoms with van der Waals surface area (Å²) in [7, 11) is 0. The predicted octanol–water partition coefficient (Wildman–Crippen LogP) is 13.3. The quantitative estimate of drug-likeness (QED) is 0.104. The molecule has 0 heterocycles. The number of unbranched alkanes of at least 4 members (excludes halogenated alkanes) is 16. The van der Waals surface area contributed by atoms with Crippen LogP contribution in [0.3, 0.4) is 0 Å². The maximum absolute atomic E-state index is 11.3. The van der Waals surface area contributed by atoms with Crippen molar-refractivity contribution in [1.82, 2.24) is 0 Å². The minimum atomic E-state index is 0.376. The highest BCUT2D eigenvalue weighted by molar-refractivity contribution is 7.99. The van der Waals surface area contributed by atoms with Crippen LogP contribution in [0.2, 0.25) is 0 Å². The molecule has 0 aliphatic rings. The molecule has 0 aromatic heterocycles. The van der Waals surface area contributed by atoms with Crippen molar-refractivity contribution in [2.24, 2.45) is 0 Å². The molecule has 244 valence electrons. The average Bonchev–Trinajstić information content (AvgIpc) is 3.01. The maximum atomic E-state index is 11.3. The molecular formula is C40H66O2S. The fourth-order valence-corrected chi connectivity index (χ4v) is 7.57. The summed E-state index contributed by atoms with van der Waals surface area (Å²) >= 11 is 1.65. The predicted molar refractivity (Wildman–Crippen MR) is 190 cm³/mol. The molecule has 0 atom stereocenters. The van der Waals surface area contributed by atoms with Crippen LogP contribution >= 0.6 is 11.8 Å². The Hall–Kier alpha value is -1.61. The van der Waals surface area contributed by atoms with E-state index in [0.29, 0.717) is 11.5 Å².